The van der Waals surface area contributed by atoms with E-state index in [1.54, 1.807) is 17.0 Å². The minimum Gasteiger partial charge on any atom is -0.453 e. The summed E-state index contributed by atoms with van der Waals surface area (Å²) in [6.45, 7) is 1.46. The van der Waals surface area contributed by atoms with Gasteiger partial charge in [-0.25, -0.2) is 9.18 Å². The van der Waals surface area contributed by atoms with E-state index in [1.165, 1.54) is 19.2 Å². The van der Waals surface area contributed by atoms with Crippen molar-refractivity contribution in [2.24, 2.45) is 5.92 Å². The van der Waals surface area contributed by atoms with E-state index in [2.05, 4.69) is 10.1 Å². The number of carbonyl (C=O) groups excluding carboxylic acids is 2. The predicted molar refractivity (Wildman–Crippen MR) is 70.3 cm³/mol. The summed E-state index contributed by atoms with van der Waals surface area (Å²) >= 11 is 0. The van der Waals surface area contributed by atoms with Crippen LogP contribution in [0.4, 0.5) is 9.18 Å². The van der Waals surface area contributed by atoms with Crippen LogP contribution in [0.25, 0.3) is 0 Å². The van der Waals surface area contributed by atoms with Crippen LogP contribution in [0.2, 0.25) is 0 Å². The fourth-order valence-electron chi connectivity index (χ4n) is 2.25. The van der Waals surface area contributed by atoms with Gasteiger partial charge in [0, 0.05) is 32.0 Å². The van der Waals surface area contributed by atoms with Crippen molar-refractivity contribution in [1.82, 2.24) is 10.2 Å². The molecule has 6 heteroatoms. The van der Waals surface area contributed by atoms with E-state index in [0.29, 0.717) is 26.1 Å². The number of ether oxygens (including phenoxy) is 1. The van der Waals surface area contributed by atoms with Crippen LogP contribution >= 0.6 is 0 Å². The van der Waals surface area contributed by atoms with Crippen molar-refractivity contribution >= 4 is 12.0 Å². The first-order valence-corrected chi connectivity index (χ1v) is 6.42. The number of alkyl carbamates (subject to hydrolysis) is 1. The zero-order valence-corrected chi connectivity index (χ0v) is 11.3. The normalized spacial score (nSPS) is 18.2. The molecule has 1 N–H and O–H groups in total. The molecule has 0 radical (unpaired) electrons. The van der Waals surface area contributed by atoms with Gasteiger partial charge in [-0.3, -0.25) is 4.79 Å². The van der Waals surface area contributed by atoms with Gasteiger partial charge >= 0.3 is 6.09 Å². The van der Waals surface area contributed by atoms with Gasteiger partial charge in [-0.2, -0.15) is 0 Å². The summed E-state index contributed by atoms with van der Waals surface area (Å²) in [4.78, 5) is 24.6. The van der Waals surface area contributed by atoms with Gasteiger partial charge in [0.1, 0.15) is 5.82 Å². The Morgan fingerprint density at radius 3 is 2.80 bits per heavy atom. The van der Waals surface area contributed by atoms with Crippen molar-refractivity contribution in [3.63, 3.8) is 0 Å². The van der Waals surface area contributed by atoms with Gasteiger partial charge < -0.3 is 15.0 Å². The summed E-state index contributed by atoms with van der Waals surface area (Å²) in [5.41, 5.74) is 0.890. The predicted octanol–water partition coefficient (Wildman–Crippen LogP) is 1.53. The lowest BCUT2D eigenvalue weighted by Crippen LogP contribution is -2.31. The average Bonchev–Trinajstić information content (AvgIpc) is 2.79. The first kappa shape index (κ1) is 14.3. The number of hydrogen-bond donors (Lipinski definition) is 1. The number of hydrogen-bond acceptors (Lipinski definition) is 3. The molecule has 1 unspecified atom stereocenters. The van der Waals surface area contributed by atoms with Gasteiger partial charge in [-0.05, 0) is 17.7 Å². The van der Waals surface area contributed by atoms with Crippen LogP contribution in [0.3, 0.4) is 0 Å². The standard InChI is InChI=1S/C14H17FN2O3/c1-20-14(19)16-7-11-6-13(18)17(9-11)8-10-2-4-12(15)5-3-10/h2-5,11H,6-9H2,1H3,(H,16,19). The average molecular weight is 280 g/mol. The van der Waals surface area contributed by atoms with Gasteiger partial charge in [-0.15, -0.1) is 0 Å². The van der Waals surface area contributed by atoms with Gasteiger partial charge in [0.05, 0.1) is 7.11 Å². The summed E-state index contributed by atoms with van der Waals surface area (Å²) in [6, 6.07) is 6.10. The van der Waals surface area contributed by atoms with Crippen molar-refractivity contribution in [2.45, 2.75) is 13.0 Å². The van der Waals surface area contributed by atoms with Crippen LogP contribution in [0, 0.1) is 11.7 Å². The second kappa shape index (κ2) is 6.36. The lowest BCUT2D eigenvalue weighted by molar-refractivity contribution is -0.128. The second-order valence-corrected chi connectivity index (χ2v) is 4.84. The summed E-state index contributed by atoms with van der Waals surface area (Å²) in [5, 5.41) is 2.60. The third-order valence-electron chi connectivity index (χ3n) is 3.30. The first-order chi connectivity index (χ1) is 9.58. The van der Waals surface area contributed by atoms with E-state index >= 15 is 0 Å². The number of amides is 2. The molecule has 0 bridgehead atoms. The number of halogens is 1. The third-order valence-corrected chi connectivity index (χ3v) is 3.30. The van der Waals surface area contributed by atoms with Crippen LogP contribution < -0.4 is 5.32 Å². The zero-order chi connectivity index (χ0) is 14.5. The van der Waals surface area contributed by atoms with Crippen molar-refractivity contribution in [3.8, 4) is 0 Å². The molecule has 108 valence electrons. The van der Waals surface area contributed by atoms with Crippen LogP contribution in [0.5, 0.6) is 0 Å². The van der Waals surface area contributed by atoms with E-state index < -0.39 is 6.09 Å². The Morgan fingerprint density at radius 1 is 1.45 bits per heavy atom. The molecule has 5 nitrogen and oxygen atoms in total. The van der Waals surface area contributed by atoms with E-state index in [1.807, 2.05) is 0 Å². The fourth-order valence-corrected chi connectivity index (χ4v) is 2.25. The zero-order valence-electron chi connectivity index (χ0n) is 11.3. The molecule has 1 aliphatic rings. The number of carbonyl (C=O) groups is 2. The highest BCUT2D eigenvalue weighted by Gasteiger charge is 2.29. The lowest BCUT2D eigenvalue weighted by atomic mass is 10.1. The molecule has 2 rings (SSSR count). The van der Waals surface area contributed by atoms with Crippen molar-refractivity contribution in [2.75, 3.05) is 20.2 Å². The maximum atomic E-state index is 12.8. The van der Waals surface area contributed by atoms with Gasteiger partial charge in [0.15, 0.2) is 0 Å². The largest absolute Gasteiger partial charge is 0.453 e. The topological polar surface area (TPSA) is 58.6 Å². The van der Waals surface area contributed by atoms with Gasteiger partial charge in [0.25, 0.3) is 0 Å². The highest BCUT2D eigenvalue weighted by Crippen LogP contribution is 2.19. The molecular weight excluding hydrogens is 263 g/mol. The van der Waals surface area contributed by atoms with Crippen molar-refractivity contribution < 1.29 is 18.7 Å². The number of rotatable bonds is 4. The Balaban J connectivity index is 1.86. The third kappa shape index (κ3) is 3.69. The Morgan fingerprint density at radius 2 is 2.15 bits per heavy atom. The smallest absolute Gasteiger partial charge is 0.406 e. The summed E-state index contributed by atoms with van der Waals surface area (Å²) in [6.07, 6.45) is -0.0833. The maximum Gasteiger partial charge on any atom is 0.406 e. The van der Waals surface area contributed by atoms with Crippen LogP contribution in [0.1, 0.15) is 12.0 Å². The van der Waals surface area contributed by atoms with Crippen LogP contribution in [0.15, 0.2) is 24.3 Å². The highest BCUT2D eigenvalue weighted by molar-refractivity contribution is 5.78. The highest BCUT2D eigenvalue weighted by atomic mass is 19.1. The quantitative estimate of drug-likeness (QED) is 0.910. The van der Waals surface area contributed by atoms with E-state index in [0.717, 1.165) is 5.56 Å². The van der Waals surface area contributed by atoms with Gasteiger partial charge in [0.2, 0.25) is 5.91 Å². The molecule has 1 aliphatic heterocycles. The Hall–Kier alpha value is -2.11. The lowest BCUT2D eigenvalue weighted by Gasteiger charge is -2.17. The molecule has 0 aliphatic carbocycles. The summed E-state index contributed by atoms with van der Waals surface area (Å²) < 4.78 is 17.3. The maximum absolute atomic E-state index is 12.8. The summed E-state index contributed by atoms with van der Waals surface area (Å²) in [5.74, 6) is -0.158. The Labute approximate surface area is 116 Å². The number of likely N-dealkylation sites (tertiary alicyclic amines) is 1. The molecule has 0 saturated carbocycles. The van der Waals surface area contributed by atoms with E-state index in [9.17, 15) is 14.0 Å². The van der Waals surface area contributed by atoms with Crippen LogP contribution in [-0.2, 0) is 16.1 Å². The first-order valence-electron chi connectivity index (χ1n) is 6.42. The van der Waals surface area contributed by atoms with E-state index in [4.69, 9.17) is 0 Å². The molecule has 20 heavy (non-hydrogen) atoms. The van der Waals surface area contributed by atoms with Crippen molar-refractivity contribution in [1.29, 1.82) is 0 Å². The SMILES string of the molecule is COC(=O)NCC1CC(=O)N(Cc2ccc(F)cc2)C1. The Bertz CT molecular complexity index is 490. The molecule has 1 heterocycles. The number of nitrogens with one attached hydrogen (secondary N) is 1. The molecule has 0 spiro atoms. The molecular formula is C14H17FN2O3. The van der Waals surface area contributed by atoms with E-state index in [-0.39, 0.29) is 17.6 Å². The summed E-state index contributed by atoms with van der Waals surface area (Å²) in [7, 11) is 1.30. The minimum absolute atomic E-state index is 0.0472. The fraction of sp³-hybridized carbons (Fsp3) is 0.429. The van der Waals surface area contributed by atoms with Gasteiger partial charge in [-0.1, -0.05) is 12.1 Å². The number of nitrogens with zero attached hydrogens (tertiary/aromatic N) is 1. The number of methoxy groups -OCH3 is 1. The molecule has 2 amide bonds. The molecule has 1 aromatic rings. The second-order valence-electron chi connectivity index (χ2n) is 4.84. The van der Waals surface area contributed by atoms with Crippen LogP contribution in [-0.4, -0.2) is 37.1 Å². The minimum atomic E-state index is -0.491. The monoisotopic (exact) mass is 280 g/mol. The molecule has 0 aromatic heterocycles. The molecule has 1 aromatic carbocycles. The number of benzene rings is 1. The molecule has 1 saturated heterocycles. The molecule has 1 atom stereocenters. The Kier molecular flexibility index (Phi) is 4.55. The molecule has 1 fully saturated rings. The van der Waals surface area contributed by atoms with Crippen molar-refractivity contribution in [3.05, 3.63) is 35.6 Å².